The molecule has 2 aromatic carbocycles. The van der Waals surface area contributed by atoms with Gasteiger partial charge in [0.15, 0.2) is 5.82 Å². The van der Waals surface area contributed by atoms with Crippen LogP contribution >= 0.6 is 11.8 Å². The first kappa shape index (κ1) is 19.8. The molecule has 0 aliphatic heterocycles. The SMILES string of the molecule is COc1ccc(NC(=O)CSc2nnc(-c3cccc(C)c3)n2-n2cccc2)cc1. The standard InChI is InChI=1S/C22H21N5O2S/c1-16-6-5-7-17(14-16)21-24-25-22(27(21)26-12-3-4-13-26)30-15-20(28)23-18-8-10-19(29-2)11-9-18/h3-14H,15H2,1-2H3,(H,23,28). The zero-order chi connectivity index (χ0) is 20.9. The first-order valence-corrected chi connectivity index (χ1v) is 10.4. The highest BCUT2D eigenvalue weighted by Gasteiger charge is 2.17. The Bertz CT molecular complexity index is 1140. The number of anilines is 1. The van der Waals surface area contributed by atoms with E-state index in [2.05, 4.69) is 21.6 Å². The fourth-order valence-corrected chi connectivity index (χ4v) is 3.72. The number of hydrogen-bond donors (Lipinski definition) is 1. The summed E-state index contributed by atoms with van der Waals surface area (Å²) in [7, 11) is 1.61. The third-order valence-electron chi connectivity index (χ3n) is 4.41. The molecule has 2 heterocycles. The number of hydrogen-bond acceptors (Lipinski definition) is 5. The lowest BCUT2D eigenvalue weighted by molar-refractivity contribution is -0.113. The van der Waals surface area contributed by atoms with Gasteiger partial charge in [-0.1, -0.05) is 35.5 Å². The van der Waals surface area contributed by atoms with Crippen LogP contribution in [-0.4, -0.2) is 38.3 Å². The summed E-state index contributed by atoms with van der Waals surface area (Å²) in [6, 6.07) is 19.2. The van der Waals surface area contributed by atoms with E-state index in [0.29, 0.717) is 16.7 Å². The lowest BCUT2D eigenvalue weighted by Gasteiger charge is -2.11. The van der Waals surface area contributed by atoms with Gasteiger partial charge in [-0.15, -0.1) is 10.2 Å². The molecule has 7 nitrogen and oxygen atoms in total. The fraction of sp³-hybridized carbons (Fsp3) is 0.136. The first-order valence-electron chi connectivity index (χ1n) is 9.37. The maximum absolute atomic E-state index is 12.4. The number of thioether (sulfide) groups is 1. The third kappa shape index (κ3) is 4.38. The van der Waals surface area contributed by atoms with Crippen LogP contribution in [-0.2, 0) is 4.79 Å². The Hall–Kier alpha value is -3.52. The van der Waals surface area contributed by atoms with Crippen LogP contribution in [0.1, 0.15) is 5.56 Å². The maximum Gasteiger partial charge on any atom is 0.234 e. The maximum atomic E-state index is 12.4. The van der Waals surface area contributed by atoms with Crippen molar-refractivity contribution in [1.82, 2.24) is 19.5 Å². The van der Waals surface area contributed by atoms with E-state index in [4.69, 9.17) is 4.74 Å². The van der Waals surface area contributed by atoms with E-state index >= 15 is 0 Å². The number of rotatable bonds is 7. The fourth-order valence-electron chi connectivity index (χ4n) is 2.99. The summed E-state index contributed by atoms with van der Waals surface area (Å²) < 4.78 is 8.94. The molecule has 4 aromatic rings. The number of nitrogens with zero attached hydrogens (tertiary/aromatic N) is 4. The molecule has 152 valence electrons. The highest BCUT2D eigenvalue weighted by Crippen LogP contribution is 2.25. The normalized spacial score (nSPS) is 10.7. The molecule has 0 aliphatic rings. The minimum absolute atomic E-state index is 0.121. The molecular formula is C22H21N5O2S. The second-order valence-corrected chi connectivity index (χ2v) is 7.56. The largest absolute Gasteiger partial charge is 0.497 e. The number of aromatic nitrogens is 4. The Morgan fingerprint density at radius 2 is 1.83 bits per heavy atom. The Morgan fingerprint density at radius 1 is 1.07 bits per heavy atom. The highest BCUT2D eigenvalue weighted by atomic mass is 32.2. The van der Waals surface area contributed by atoms with E-state index in [1.807, 2.05) is 59.0 Å². The Labute approximate surface area is 178 Å². The lowest BCUT2D eigenvalue weighted by atomic mass is 10.1. The van der Waals surface area contributed by atoms with Gasteiger partial charge in [0.25, 0.3) is 0 Å². The number of methoxy groups -OCH3 is 1. The van der Waals surface area contributed by atoms with E-state index < -0.39 is 0 Å². The predicted molar refractivity (Wildman–Crippen MR) is 118 cm³/mol. The number of nitrogens with one attached hydrogen (secondary N) is 1. The van der Waals surface area contributed by atoms with Crippen molar-refractivity contribution >= 4 is 23.4 Å². The smallest absolute Gasteiger partial charge is 0.234 e. The van der Waals surface area contributed by atoms with E-state index in [1.165, 1.54) is 11.8 Å². The van der Waals surface area contributed by atoms with Gasteiger partial charge in [0, 0.05) is 23.6 Å². The summed E-state index contributed by atoms with van der Waals surface area (Å²) in [6.07, 6.45) is 3.84. The van der Waals surface area contributed by atoms with Gasteiger partial charge in [0.1, 0.15) is 5.75 Å². The van der Waals surface area contributed by atoms with Crippen molar-refractivity contribution in [2.45, 2.75) is 12.1 Å². The minimum atomic E-state index is -0.121. The molecule has 0 spiro atoms. The summed E-state index contributed by atoms with van der Waals surface area (Å²) in [5, 5.41) is 12.2. The molecule has 0 unspecified atom stereocenters. The highest BCUT2D eigenvalue weighted by molar-refractivity contribution is 7.99. The van der Waals surface area contributed by atoms with Gasteiger partial charge >= 0.3 is 0 Å². The molecule has 8 heteroatoms. The summed E-state index contributed by atoms with van der Waals surface area (Å²) >= 11 is 1.33. The third-order valence-corrected chi connectivity index (χ3v) is 5.33. The van der Waals surface area contributed by atoms with E-state index in [-0.39, 0.29) is 11.7 Å². The lowest BCUT2D eigenvalue weighted by Crippen LogP contribution is -2.15. The molecule has 1 amide bonds. The molecule has 0 saturated heterocycles. The van der Waals surface area contributed by atoms with Gasteiger partial charge in [-0.25, -0.2) is 4.68 Å². The molecule has 4 rings (SSSR count). The number of benzene rings is 2. The van der Waals surface area contributed by atoms with E-state index in [0.717, 1.165) is 16.9 Å². The number of carbonyl (C=O) groups is 1. The Kier molecular flexibility index (Phi) is 5.85. The number of carbonyl (C=O) groups excluding carboxylic acids is 1. The Balaban J connectivity index is 1.53. The van der Waals surface area contributed by atoms with Crippen molar-refractivity contribution in [2.24, 2.45) is 0 Å². The van der Waals surface area contributed by atoms with Crippen molar-refractivity contribution in [3.63, 3.8) is 0 Å². The van der Waals surface area contributed by atoms with Crippen LogP contribution in [0, 0.1) is 6.92 Å². The van der Waals surface area contributed by atoms with Crippen LogP contribution in [0.2, 0.25) is 0 Å². The number of aryl methyl sites for hydroxylation is 1. The molecule has 0 bridgehead atoms. The van der Waals surface area contributed by atoms with Gasteiger partial charge in [0.05, 0.1) is 12.9 Å². The molecule has 0 atom stereocenters. The summed E-state index contributed by atoms with van der Waals surface area (Å²) in [5.41, 5.74) is 2.82. The minimum Gasteiger partial charge on any atom is -0.497 e. The van der Waals surface area contributed by atoms with E-state index in [9.17, 15) is 4.79 Å². The summed E-state index contributed by atoms with van der Waals surface area (Å²) in [5.74, 6) is 1.54. The van der Waals surface area contributed by atoms with Crippen LogP contribution in [0.3, 0.4) is 0 Å². The quantitative estimate of drug-likeness (QED) is 0.457. The summed E-state index contributed by atoms with van der Waals surface area (Å²) in [6.45, 7) is 2.04. The molecule has 1 N–H and O–H groups in total. The Morgan fingerprint density at radius 3 is 2.53 bits per heavy atom. The molecule has 0 aliphatic carbocycles. The average Bonchev–Trinajstić information content (AvgIpc) is 3.42. The van der Waals surface area contributed by atoms with Crippen LogP contribution in [0.4, 0.5) is 5.69 Å². The molecule has 0 radical (unpaired) electrons. The molecule has 30 heavy (non-hydrogen) atoms. The molecule has 2 aromatic heterocycles. The van der Waals surface area contributed by atoms with Crippen LogP contribution in [0.5, 0.6) is 5.75 Å². The predicted octanol–water partition coefficient (Wildman–Crippen LogP) is 4.11. The zero-order valence-corrected chi connectivity index (χ0v) is 17.5. The zero-order valence-electron chi connectivity index (χ0n) is 16.6. The van der Waals surface area contributed by atoms with Crippen molar-refractivity contribution < 1.29 is 9.53 Å². The average molecular weight is 420 g/mol. The molecule has 0 saturated carbocycles. The van der Waals surface area contributed by atoms with Gasteiger partial charge in [-0.2, -0.15) is 0 Å². The van der Waals surface area contributed by atoms with Crippen molar-refractivity contribution in [2.75, 3.05) is 18.2 Å². The number of ether oxygens (including phenoxy) is 1. The number of amides is 1. The van der Waals surface area contributed by atoms with Gasteiger partial charge in [0.2, 0.25) is 11.1 Å². The molecular weight excluding hydrogens is 398 g/mol. The topological polar surface area (TPSA) is 74.0 Å². The monoisotopic (exact) mass is 419 g/mol. The van der Waals surface area contributed by atoms with Crippen molar-refractivity contribution in [1.29, 1.82) is 0 Å². The van der Waals surface area contributed by atoms with Crippen LogP contribution in [0.25, 0.3) is 11.4 Å². The van der Waals surface area contributed by atoms with Gasteiger partial charge in [-0.05, 0) is 49.4 Å². The second-order valence-electron chi connectivity index (χ2n) is 6.62. The molecule has 0 fully saturated rings. The first-order chi connectivity index (χ1) is 14.6. The van der Waals surface area contributed by atoms with Crippen LogP contribution in [0.15, 0.2) is 78.2 Å². The van der Waals surface area contributed by atoms with Crippen molar-refractivity contribution in [3.05, 3.63) is 78.6 Å². The van der Waals surface area contributed by atoms with Crippen molar-refractivity contribution in [3.8, 4) is 17.1 Å². The van der Waals surface area contributed by atoms with Crippen LogP contribution < -0.4 is 10.1 Å². The second kappa shape index (κ2) is 8.87. The van der Waals surface area contributed by atoms with Gasteiger partial charge < -0.3 is 10.1 Å². The van der Waals surface area contributed by atoms with E-state index in [1.54, 1.807) is 31.4 Å². The summed E-state index contributed by atoms with van der Waals surface area (Å²) in [4.78, 5) is 12.4. The van der Waals surface area contributed by atoms with Gasteiger partial charge in [-0.3, -0.25) is 9.47 Å².